The van der Waals surface area contributed by atoms with E-state index in [1.54, 1.807) is 7.11 Å². The number of aromatic nitrogens is 4. The van der Waals surface area contributed by atoms with E-state index in [9.17, 15) is 4.79 Å². The molecule has 0 atom stereocenters. The SMILES string of the molecule is C=CC(=O)Nc1cc(Nc2nc(-c3cn(C)c4ccccc34)c3ccn(COCC[Si](C)(C)C)c3n2)c(OC)cc1N(C)CCN(C)C. The Kier molecular flexibility index (Phi) is 10.6. The first-order valence-electron chi connectivity index (χ1n) is 16.2. The fourth-order valence-electron chi connectivity index (χ4n) is 5.53. The van der Waals surface area contributed by atoms with Gasteiger partial charge in [-0.2, -0.15) is 4.98 Å². The standard InChI is InChI=1S/C36H48N8O3Si/c1-10-33(45)37-28-21-29(32(46-6)22-31(28)42(4)18-17-41(2)3)38-36-39-34(27-23-43(5)30-14-12-11-13-25(27)30)26-15-16-44(35(26)40-36)24-47-19-20-48(7,8)9/h10-16,21-23H,1,17-20,24H2,2-9H3,(H,37,45)(H,38,39,40). The van der Waals surface area contributed by atoms with Crippen LogP contribution >= 0.6 is 0 Å². The van der Waals surface area contributed by atoms with Gasteiger partial charge in [-0.3, -0.25) is 4.79 Å². The van der Waals surface area contributed by atoms with Gasteiger partial charge in [0.15, 0.2) is 0 Å². The maximum absolute atomic E-state index is 12.5. The summed E-state index contributed by atoms with van der Waals surface area (Å²) in [4.78, 5) is 26.8. The first kappa shape index (κ1) is 34.7. The summed E-state index contributed by atoms with van der Waals surface area (Å²) in [7, 11) is 8.48. The number of aryl methyl sites for hydroxylation is 1. The number of hydrogen-bond donors (Lipinski definition) is 2. The van der Waals surface area contributed by atoms with E-state index >= 15 is 0 Å². The molecule has 0 saturated heterocycles. The van der Waals surface area contributed by atoms with Crippen LogP contribution in [0, 0.1) is 0 Å². The highest BCUT2D eigenvalue weighted by molar-refractivity contribution is 6.76. The molecule has 0 bridgehead atoms. The first-order valence-corrected chi connectivity index (χ1v) is 19.9. The van der Waals surface area contributed by atoms with Gasteiger partial charge in [0.1, 0.15) is 18.1 Å². The lowest BCUT2D eigenvalue weighted by Gasteiger charge is -2.26. The van der Waals surface area contributed by atoms with Crippen LogP contribution in [0.2, 0.25) is 25.7 Å². The number of fused-ring (bicyclic) bond motifs is 2. The molecule has 2 aromatic carbocycles. The van der Waals surface area contributed by atoms with Crippen LogP contribution in [0.4, 0.5) is 23.0 Å². The predicted molar refractivity (Wildman–Crippen MR) is 200 cm³/mol. The van der Waals surface area contributed by atoms with Gasteiger partial charge in [-0.1, -0.05) is 44.4 Å². The Bertz CT molecular complexity index is 1920. The number of anilines is 4. The van der Waals surface area contributed by atoms with Crippen molar-refractivity contribution in [3.63, 3.8) is 0 Å². The van der Waals surface area contributed by atoms with Crippen molar-refractivity contribution in [1.82, 2.24) is 24.0 Å². The summed E-state index contributed by atoms with van der Waals surface area (Å²) >= 11 is 0. The van der Waals surface area contributed by atoms with Crippen LogP contribution in [0.3, 0.4) is 0 Å². The van der Waals surface area contributed by atoms with Crippen LogP contribution in [0.1, 0.15) is 0 Å². The molecule has 0 unspecified atom stereocenters. The van der Waals surface area contributed by atoms with Crippen molar-refractivity contribution in [3.8, 4) is 17.0 Å². The number of nitrogens with one attached hydrogen (secondary N) is 2. The maximum Gasteiger partial charge on any atom is 0.247 e. The van der Waals surface area contributed by atoms with Gasteiger partial charge < -0.3 is 39.0 Å². The zero-order valence-corrected chi connectivity index (χ0v) is 30.4. The highest BCUT2D eigenvalue weighted by Gasteiger charge is 2.21. The Morgan fingerprint density at radius 2 is 1.81 bits per heavy atom. The Labute approximate surface area is 284 Å². The molecular weight excluding hydrogens is 621 g/mol. The summed E-state index contributed by atoms with van der Waals surface area (Å²) in [5.74, 6) is 0.663. The molecule has 0 radical (unpaired) electrons. The molecule has 0 aliphatic heterocycles. The monoisotopic (exact) mass is 668 g/mol. The predicted octanol–water partition coefficient (Wildman–Crippen LogP) is 6.78. The third-order valence-corrected chi connectivity index (χ3v) is 10.0. The molecule has 2 N–H and O–H groups in total. The van der Waals surface area contributed by atoms with E-state index in [0.717, 1.165) is 58.0 Å². The number of nitrogens with zero attached hydrogens (tertiary/aromatic N) is 6. The Morgan fingerprint density at radius 3 is 2.52 bits per heavy atom. The number of ether oxygens (including phenoxy) is 2. The third kappa shape index (κ3) is 7.89. The van der Waals surface area contributed by atoms with Crippen molar-refractivity contribution >= 4 is 58.9 Å². The number of rotatable bonds is 15. The van der Waals surface area contributed by atoms with Crippen LogP contribution in [-0.4, -0.2) is 85.9 Å². The van der Waals surface area contributed by atoms with Crippen LogP contribution in [0.5, 0.6) is 5.75 Å². The molecule has 254 valence electrons. The van der Waals surface area contributed by atoms with Crippen molar-refractivity contribution < 1.29 is 14.3 Å². The van der Waals surface area contributed by atoms with Crippen molar-refractivity contribution in [1.29, 1.82) is 0 Å². The number of likely N-dealkylation sites (N-methyl/N-ethyl adjacent to an activating group) is 2. The van der Waals surface area contributed by atoms with Gasteiger partial charge in [-0.25, -0.2) is 4.98 Å². The maximum atomic E-state index is 12.5. The number of hydrogen-bond acceptors (Lipinski definition) is 8. The number of methoxy groups -OCH3 is 1. The molecule has 3 heterocycles. The summed E-state index contributed by atoms with van der Waals surface area (Å²) in [5.41, 5.74) is 5.70. The number of carbonyl (C=O) groups is 1. The average Bonchev–Trinajstić information content (AvgIpc) is 3.61. The van der Waals surface area contributed by atoms with Gasteiger partial charge >= 0.3 is 0 Å². The second-order valence-corrected chi connectivity index (χ2v) is 19.2. The fraction of sp³-hybridized carbons (Fsp3) is 0.361. The normalized spacial score (nSPS) is 11.8. The van der Waals surface area contributed by atoms with E-state index in [2.05, 4.69) is 75.6 Å². The fourth-order valence-corrected chi connectivity index (χ4v) is 6.29. The van der Waals surface area contributed by atoms with Crippen LogP contribution in [0.25, 0.3) is 33.2 Å². The molecule has 0 aliphatic carbocycles. The largest absolute Gasteiger partial charge is 0.494 e. The highest BCUT2D eigenvalue weighted by Crippen LogP contribution is 2.39. The average molecular weight is 669 g/mol. The third-order valence-electron chi connectivity index (χ3n) is 8.30. The molecule has 3 aromatic heterocycles. The van der Waals surface area contributed by atoms with E-state index in [-0.39, 0.29) is 5.91 Å². The van der Waals surface area contributed by atoms with Crippen LogP contribution in [0.15, 0.2) is 67.5 Å². The molecule has 0 saturated carbocycles. The quantitative estimate of drug-likeness (QED) is 0.0716. The van der Waals surface area contributed by atoms with Gasteiger partial charge in [0.05, 0.1) is 29.9 Å². The van der Waals surface area contributed by atoms with Gasteiger partial charge in [0.25, 0.3) is 0 Å². The van der Waals surface area contributed by atoms with Crippen molar-refractivity contribution in [2.75, 3.05) is 63.5 Å². The lowest BCUT2D eigenvalue weighted by Crippen LogP contribution is -2.29. The lowest BCUT2D eigenvalue weighted by atomic mass is 10.1. The molecule has 0 spiro atoms. The molecule has 0 aliphatic rings. The van der Waals surface area contributed by atoms with Crippen molar-refractivity contribution in [3.05, 3.63) is 67.5 Å². The number of para-hydroxylation sites is 1. The van der Waals surface area contributed by atoms with Gasteiger partial charge in [-0.15, -0.1) is 0 Å². The zero-order chi connectivity index (χ0) is 34.6. The van der Waals surface area contributed by atoms with E-state index in [4.69, 9.17) is 19.4 Å². The summed E-state index contributed by atoms with van der Waals surface area (Å²) in [6.07, 6.45) is 5.38. The molecule has 5 rings (SSSR count). The van der Waals surface area contributed by atoms with Gasteiger partial charge in [0, 0.05) is 82.2 Å². The smallest absolute Gasteiger partial charge is 0.247 e. The summed E-state index contributed by atoms with van der Waals surface area (Å²) in [6, 6.07) is 15.2. The second-order valence-electron chi connectivity index (χ2n) is 13.6. The van der Waals surface area contributed by atoms with E-state index in [1.807, 2.05) is 63.2 Å². The number of amides is 1. The van der Waals surface area contributed by atoms with E-state index in [0.29, 0.717) is 36.4 Å². The summed E-state index contributed by atoms with van der Waals surface area (Å²) < 4.78 is 16.2. The van der Waals surface area contributed by atoms with Crippen molar-refractivity contribution in [2.45, 2.75) is 32.4 Å². The first-order chi connectivity index (χ1) is 22.9. The minimum absolute atomic E-state index is 0.309. The number of carbonyl (C=O) groups excluding carboxylic acids is 1. The molecule has 48 heavy (non-hydrogen) atoms. The summed E-state index contributed by atoms with van der Waals surface area (Å²) in [6.45, 7) is 13.3. The minimum atomic E-state index is -1.23. The summed E-state index contributed by atoms with van der Waals surface area (Å²) in [5, 5.41) is 8.42. The molecule has 5 aromatic rings. The number of benzene rings is 2. The van der Waals surface area contributed by atoms with E-state index in [1.165, 1.54) is 6.08 Å². The molecular formula is C36H48N8O3Si. The molecule has 0 fully saturated rings. The van der Waals surface area contributed by atoms with E-state index < -0.39 is 8.07 Å². The Balaban J connectivity index is 1.61. The van der Waals surface area contributed by atoms with Gasteiger partial charge in [-0.05, 0) is 44.4 Å². The zero-order valence-electron chi connectivity index (χ0n) is 29.4. The van der Waals surface area contributed by atoms with Crippen LogP contribution in [-0.2, 0) is 23.3 Å². The second kappa shape index (κ2) is 14.6. The Morgan fingerprint density at radius 1 is 1.04 bits per heavy atom. The molecule has 12 heteroatoms. The van der Waals surface area contributed by atoms with Gasteiger partial charge in [0.2, 0.25) is 11.9 Å². The molecule has 1 amide bonds. The highest BCUT2D eigenvalue weighted by atomic mass is 28.3. The van der Waals surface area contributed by atoms with Crippen LogP contribution < -0.4 is 20.3 Å². The minimum Gasteiger partial charge on any atom is -0.494 e. The molecule has 11 nitrogen and oxygen atoms in total. The lowest BCUT2D eigenvalue weighted by molar-refractivity contribution is -0.111. The Hall–Kier alpha value is -4.65. The topological polar surface area (TPSA) is 102 Å². The van der Waals surface area contributed by atoms with Crippen molar-refractivity contribution in [2.24, 2.45) is 7.05 Å².